The van der Waals surface area contributed by atoms with Crippen molar-refractivity contribution in [3.63, 3.8) is 0 Å². The molecule has 1 aliphatic heterocycles. The molecule has 2 amide bonds. The average molecular weight is 431 g/mol. The molecule has 0 radical (unpaired) electrons. The molecule has 116 valence electrons. The number of rotatable bonds is 2. The van der Waals surface area contributed by atoms with Gasteiger partial charge >= 0.3 is 12.1 Å². The highest BCUT2D eigenvalue weighted by Gasteiger charge is 2.55. The van der Waals surface area contributed by atoms with Crippen molar-refractivity contribution in [1.29, 1.82) is 0 Å². The van der Waals surface area contributed by atoms with Gasteiger partial charge in [-0.05, 0) is 15.9 Å². The van der Waals surface area contributed by atoms with Crippen molar-refractivity contribution in [3.05, 3.63) is 0 Å². The molecule has 1 fully saturated rings. The number of carbonyl (C=O) groups excluding carboxylic acids is 3. The zero-order valence-electron chi connectivity index (χ0n) is 9.97. The van der Waals surface area contributed by atoms with Crippen LogP contribution in [0.15, 0.2) is 0 Å². The minimum atomic E-state index is -5.09. The number of carbonyl (C=O) groups is 3. The molecule has 5 nitrogen and oxygen atoms in total. The van der Waals surface area contributed by atoms with Crippen LogP contribution in [0.1, 0.15) is 19.8 Å². The molecule has 0 spiro atoms. The van der Waals surface area contributed by atoms with Crippen LogP contribution >= 0.6 is 32.1 Å². The summed E-state index contributed by atoms with van der Waals surface area (Å²) in [6.45, 7) is -0.495. The minimum absolute atomic E-state index is 0.144. The van der Waals surface area contributed by atoms with E-state index in [9.17, 15) is 31.9 Å². The molecule has 1 saturated heterocycles. The van der Waals surface area contributed by atoms with Crippen LogP contribution < -0.4 is 0 Å². The predicted molar refractivity (Wildman–Crippen MR) is 65.5 cm³/mol. The van der Waals surface area contributed by atoms with Crippen LogP contribution in [0.2, 0.25) is 0 Å². The summed E-state index contributed by atoms with van der Waals surface area (Å²) in [6, 6.07) is 0. The topological polar surface area (TPSA) is 63.7 Å². The summed E-state index contributed by atoms with van der Waals surface area (Å²) in [4.78, 5) is 30.9. The molecule has 11 heteroatoms. The summed E-state index contributed by atoms with van der Waals surface area (Å²) in [5.74, 6) is -1.26. The van der Waals surface area contributed by atoms with E-state index in [2.05, 4.69) is 20.9 Å². The number of hydrogen-bond acceptors (Lipinski definition) is 4. The summed E-state index contributed by atoms with van der Waals surface area (Å²) >= 11 is 4.57. The lowest BCUT2D eigenvalue weighted by atomic mass is 10.4. The second-order valence-corrected chi connectivity index (χ2v) is 5.52. The van der Waals surface area contributed by atoms with E-state index < -0.39 is 23.3 Å². The summed E-state index contributed by atoms with van der Waals surface area (Å²) < 4.78 is 48.7. The molecule has 0 aromatic carbocycles. The molecule has 0 aliphatic carbocycles. The third-order valence-corrected chi connectivity index (χ3v) is 3.33. The van der Waals surface area contributed by atoms with Gasteiger partial charge in [0.2, 0.25) is 11.8 Å². The van der Waals surface area contributed by atoms with Gasteiger partial charge in [0.25, 0.3) is 4.58 Å². The van der Waals surface area contributed by atoms with Gasteiger partial charge in [-0.1, -0.05) is 0 Å². The summed E-state index contributed by atoms with van der Waals surface area (Å²) in [7, 11) is 0. The van der Waals surface area contributed by atoms with Crippen molar-refractivity contribution < 1.29 is 36.7 Å². The number of imide groups is 1. The molecule has 1 atom stereocenters. The number of hydrogen-bond donors (Lipinski definition) is 0. The number of esters is 1. The fourth-order valence-corrected chi connectivity index (χ4v) is 1.29. The van der Waals surface area contributed by atoms with Gasteiger partial charge in [-0.15, -0.1) is 0 Å². The lowest BCUT2D eigenvalue weighted by molar-refractivity contribution is -0.206. The van der Waals surface area contributed by atoms with Crippen molar-refractivity contribution in [2.24, 2.45) is 0 Å². The number of alkyl halides is 5. The highest BCUT2D eigenvalue weighted by atomic mass is 79.9. The summed E-state index contributed by atoms with van der Waals surface area (Å²) in [5.41, 5.74) is 0. The van der Waals surface area contributed by atoms with Crippen LogP contribution in [-0.4, -0.2) is 39.1 Å². The Morgan fingerprint density at radius 1 is 1.25 bits per heavy atom. The van der Waals surface area contributed by atoms with E-state index >= 15 is 0 Å². The third kappa shape index (κ3) is 6.16. The zero-order valence-corrected chi connectivity index (χ0v) is 13.1. The number of ether oxygens (including phenoxy) is 1. The van der Waals surface area contributed by atoms with Crippen molar-refractivity contribution >= 4 is 49.9 Å². The SMILES string of the molecule is CC(=O)OCC(F)(Br)C(F)(F)F.O=C1CCC(=O)N1Br. The predicted octanol–water partition coefficient (Wildman–Crippen LogP) is 2.62. The highest BCUT2D eigenvalue weighted by molar-refractivity contribution is 9.10. The van der Waals surface area contributed by atoms with Crippen molar-refractivity contribution in [3.8, 4) is 0 Å². The molecule has 0 bridgehead atoms. The molecule has 1 heterocycles. The first kappa shape index (κ1) is 19.3. The molecule has 20 heavy (non-hydrogen) atoms. The first-order valence-corrected chi connectivity index (χ1v) is 6.48. The monoisotopic (exact) mass is 429 g/mol. The Kier molecular flexibility index (Phi) is 7.08. The van der Waals surface area contributed by atoms with Crippen molar-refractivity contribution in [1.82, 2.24) is 3.93 Å². The van der Waals surface area contributed by atoms with Crippen LogP contribution in [0.5, 0.6) is 0 Å². The first-order valence-electron chi connectivity index (χ1n) is 4.98. The fourth-order valence-electron chi connectivity index (χ4n) is 0.823. The van der Waals surface area contributed by atoms with Crippen molar-refractivity contribution in [2.45, 2.75) is 30.5 Å². The molecule has 1 unspecified atom stereocenters. The van der Waals surface area contributed by atoms with E-state index in [1.165, 1.54) is 0 Å². The van der Waals surface area contributed by atoms with Gasteiger partial charge in [0.1, 0.15) is 6.61 Å². The Morgan fingerprint density at radius 2 is 1.65 bits per heavy atom. The molecule has 1 rings (SSSR count). The van der Waals surface area contributed by atoms with E-state index in [1.54, 1.807) is 15.9 Å². The maximum atomic E-state index is 12.5. The van der Waals surface area contributed by atoms with E-state index in [4.69, 9.17) is 0 Å². The Balaban J connectivity index is 0.000000388. The van der Waals surface area contributed by atoms with Crippen LogP contribution in [0.3, 0.4) is 0 Å². The largest absolute Gasteiger partial charge is 0.461 e. The van der Waals surface area contributed by atoms with Crippen LogP contribution in [0.25, 0.3) is 0 Å². The van der Waals surface area contributed by atoms with Gasteiger partial charge in [-0.25, -0.2) is 8.32 Å². The minimum Gasteiger partial charge on any atom is -0.461 e. The molecule has 1 aliphatic rings. The smallest absolute Gasteiger partial charge is 0.436 e. The summed E-state index contributed by atoms with van der Waals surface area (Å²) in [5, 5.41) is 0. The van der Waals surface area contributed by atoms with E-state index in [-0.39, 0.29) is 11.8 Å². The van der Waals surface area contributed by atoms with Gasteiger partial charge in [0, 0.05) is 19.8 Å². The Morgan fingerprint density at radius 3 is 1.85 bits per heavy atom. The lowest BCUT2D eigenvalue weighted by Gasteiger charge is -2.20. The van der Waals surface area contributed by atoms with Gasteiger partial charge in [0.15, 0.2) is 0 Å². The molecule has 0 aromatic rings. The Hall–Kier alpha value is -0.710. The normalized spacial score (nSPS) is 18.2. The van der Waals surface area contributed by atoms with Crippen molar-refractivity contribution in [2.75, 3.05) is 6.61 Å². The van der Waals surface area contributed by atoms with Gasteiger partial charge in [-0.2, -0.15) is 13.2 Å². The lowest BCUT2D eigenvalue weighted by Crippen LogP contribution is -2.39. The maximum absolute atomic E-state index is 12.5. The fraction of sp³-hybridized carbons (Fsp3) is 0.667. The first-order chi connectivity index (χ1) is 8.88. The molecular formula is C9H9Br2F4NO4. The van der Waals surface area contributed by atoms with Gasteiger partial charge < -0.3 is 4.74 Å². The van der Waals surface area contributed by atoms with E-state index in [0.717, 1.165) is 10.8 Å². The molecule has 0 aromatic heterocycles. The van der Waals surface area contributed by atoms with Crippen LogP contribution in [-0.2, 0) is 19.1 Å². The van der Waals surface area contributed by atoms with Crippen LogP contribution in [0.4, 0.5) is 17.6 Å². The molecule has 0 saturated carbocycles. The number of nitrogens with zero attached hydrogens (tertiary/aromatic N) is 1. The molecule has 0 N–H and O–H groups in total. The number of halogens is 6. The number of amides is 2. The third-order valence-electron chi connectivity index (χ3n) is 1.86. The van der Waals surface area contributed by atoms with E-state index in [1.807, 2.05) is 0 Å². The Labute approximate surface area is 128 Å². The second-order valence-electron chi connectivity index (χ2n) is 3.55. The maximum Gasteiger partial charge on any atom is 0.436 e. The molecular weight excluding hydrogens is 422 g/mol. The highest BCUT2D eigenvalue weighted by Crippen LogP contribution is 2.39. The van der Waals surface area contributed by atoms with Crippen LogP contribution in [0, 0.1) is 0 Å². The van der Waals surface area contributed by atoms with E-state index in [0.29, 0.717) is 12.8 Å². The Bertz CT molecular complexity index is 384. The average Bonchev–Trinajstić information content (AvgIpc) is 2.57. The summed E-state index contributed by atoms with van der Waals surface area (Å²) in [6.07, 6.45) is -4.39. The standard InChI is InChI=1S/C5H5BrF4O2.C4H4BrNO2/c1-3(11)12-2-4(6,7)5(8,9)10;5-6-3(7)1-2-4(6)8/h2H2,1H3;1-2H2. The second kappa shape index (κ2) is 7.34. The quantitative estimate of drug-likeness (QED) is 0.222. The van der Waals surface area contributed by atoms with Gasteiger partial charge in [0.05, 0.1) is 16.1 Å². The zero-order chi connectivity index (χ0) is 16.1. The van der Waals surface area contributed by atoms with Gasteiger partial charge in [-0.3, -0.25) is 14.4 Å².